The number of rotatable bonds is 10. The number of carbonyl (C=O) groups is 1. The summed E-state index contributed by atoms with van der Waals surface area (Å²) in [6, 6.07) is 0. The van der Waals surface area contributed by atoms with E-state index in [1.807, 2.05) is 6.92 Å². The SMILES string of the molecule is CCCCCCC(C)=O.CCCCCCC(C)O. The lowest BCUT2D eigenvalue weighted by Crippen LogP contribution is -1.97. The van der Waals surface area contributed by atoms with Gasteiger partial charge in [0.15, 0.2) is 0 Å². The number of hydrogen-bond acceptors (Lipinski definition) is 2. The second-order valence-corrected chi connectivity index (χ2v) is 5.21. The molecule has 0 aliphatic rings. The third-order valence-electron chi connectivity index (χ3n) is 2.86. The predicted octanol–water partition coefficient (Wildman–Crippen LogP) is 4.88. The maximum atomic E-state index is 10.4. The van der Waals surface area contributed by atoms with E-state index >= 15 is 0 Å². The standard InChI is InChI=1S/C8H18O.C8H16O/c2*1-3-4-5-6-7-8(2)9/h8-9H,3-7H2,1-2H3;3-7H2,1-2H3. The zero-order valence-corrected chi connectivity index (χ0v) is 13.0. The van der Waals surface area contributed by atoms with Crippen molar-refractivity contribution in [3.63, 3.8) is 0 Å². The highest BCUT2D eigenvalue weighted by molar-refractivity contribution is 5.75. The number of aliphatic hydroxyl groups excluding tert-OH is 1. The van der Waals surface area contributed by atoms with E-state index < -0.39 is 0 Å². The van der Waals surface area contributed by atoms with Gasteiger partial charge in [0.25, 0.3) is 0 Å². The Balaban J connectivity index is 0. The molecule has 2 nitrogen and oxygen atoms in total. The number of unbranched alkanes of at least 4 members (excludes halogenated alkanes) is 6. The van der Waals surface area contributed by atoms with E-state index in [2.05, 4.69) is 13.8 Å². The molecule has 110 valence electrons. The topological polar surface area (TPSA) is 37.3 Å². The average molecular weight is 258 g/mol. The lowest BCUT2D eigenvalue weighted by atomic mass is 10.1. The van der Waals surface area contributed by atoms with Crippen molar-refractivity contribution in [1.82, 2.24) is 0 Å². The van der Waals surface area contributed by atoms with Crippen LogP contribution in [-0.2, 0) is 4.79 Å². The molecule has 0 spiro atoms. The normalized spacial score (nSPS) is 11.6. The first-order valence-electron chi connectivity index (χ1n) is 7.72. The van der Waals surface area contributed by atoms with Crippen LogP contribution in [0.4, 0.5) is 0 Å². The van der Waals surface area contributed by atoms with Crippen molar-refractivity contribution < 1.29 is 9.90 Å². The van der Waals surface area contributed by atoms with Gasteiger partial charge in [-0.25, -0.2) is 0 Å². The molecule has 1 N–H and O–H groups in total. The monoisotopic (exact) mass is 258 g/mol. The number of aliphatic hydroxyl groups is 1. The molecule has 0 aliphatic heterocycles. The molecule has 2 heteroatoms. The van der Waals surface area contributed by atoms with Gasteiger partial charge in [-0.1, -0.05) is 58.8 Å². The highest BCUT2D eigenvalue weighted by Gasteiger charge is 1.93. The molecular weight excluding hydrogens is 224 g/mol. The molecule has 1 unspecified atom stereocenters. The molecule has 0 aromatic carbocycles. The van der Waals surface area contributed by atoms with E-state index in [-0.39, 0.29) is 6.10 Å². The maximum Gasteiger partial charge on any atom is 0.129 e. The Labute approximate surface area is 114 Å². The van der Waals surface area contributed by atoms with Crippen LogP contribution in [0.2, 0.25) is 0 Å². The second kappa shape index (κ2) is 16.6. The van der Waals surface area contributed by atoms with Crippen molar-refractivity contribution >= 4 is 5.78 Å². The molecule has 0 saturated heterocycles. The van der Waals surface area contributed by atoms with Crippen molar-refractivity contribution in [3.8, 4) is 0 Å². The number of Topliss-reactive ketones (excluding diaryl/α,β-unsaturated/α-hetero) is 1. The van der Waals surface area contributed by atoms with Gasteiger partial charge in [-0.3, -0.25) is 0 Å². The molecule has 0 radical (unpaired) electrons. The van der Waals surface area contributed by atoms with Crippen molar-refractivity contribution in [2.45, 2.75) is 98.0 Å². The number of ketones is 1. The van der Waals surface area contributed by atoms with Crippen molar-refractivity contribution in [2.24, 2.45) is 0 Å². The van der Waals surface area contributed by atoms with Crippen molar-refractivity contribution in [3.05, 3.63) is 0 Å². The summed E-state index contributed by atoms with van der Waals surface area (Å²) in [4.78, 5) is 10.4. The van der Waals surface area contributed by atoms with Gasteiger partial charge in [0.2, 0.25) is 0 Å². The van der Waals surface area contributed by atoms with Gasteiger partial charge in [-0.15, -0.1) is 0 Å². The van der Waals surface area contributed by atoms with Gasteiger partial charge in [0, 0.05) is 6.42 Å². The van der Waals surface area contributed by atoms with E-state index in [9.17, 15) is 4.79 Å². The van der Waals surface area contributed by atoms with E-state index in [0.717, 1.165) is 19.3 Å². The fraction of sp³-hybridized carbons (Fsp3) is 0.938. The summed E-state index contributed by atoms with van der Waals surface area (Å²) >= 11 is 0. The van der Waals surface area contributed by atoms with Gasteiger partial charge in [-0.05, 0) is 26.7 Å². The number of carbonyl (C=O) groups excluding carboxylic acids is 1. The first kappa shape index (κ1) is 20.0. The first-order valence-corrected chi connectivity index (χ1v) is 7.72. The summed E-state index contributed by atoms with van der Waals surface area (Å²) in [7, 11) is 0. The minimum Gasteiger partial charge on any atom is -0.393 e. The minimum absolute atomic E-state index is 0.0955. The molecule has 0 aromatic rings. The van der Waals surface area contributed by atoms with Crippen LogP contribution in [0.25, 0.3) is 0 Å². The summed E-state index contributed by atoms with van der Waals surface area (Å²) in [6.45, 7) is 7.88. The summed E-state index contributed by atoms with van der Waals surface area (Å²) in [5, 5.41) is 8.85. The van der Waals surface area contributed by atoms with Crippen molar-refractivity contribution in [2.75, 3.05) is 0 Å². The molecule has 1 atom stereocenters. The molecule has 0 aliphatic carbocycles. The molecule has 0 heterocycles. The van der Waals surface area contributed by atoms with Crippen LogP contribution >= 0.6 is 0 Å². The zero-order chi connectivity index (χ0) is 14.2. The molecule has 0 bridgehead atoms. The Morgan fingerprint density at radius 1 is 0.944 bits per heavy atom. The Hall–Kier alpha value is -0.370. The molecule has 0 amide bonds. The highest BCUT2D eigenvalue weighted by atomic mass is 16.3. The van der Waals surface area contributed by atoms with Gasteiger partial charge in [0.1, 0.15) is 5.78 Å². The minimum atomic E-state index is -0.0955. The zero-order valence-electron chi connectivity index (χ0n) is 13.0. The smallest absolute Gasteiger partial charge is 0.129 e. The van der Waals surface area contributed by atoms with E-state index in [4.69, 9.17) is 5.11 Å². The van der Waals surface area contributed by atoms with E-state index in [0.29, 0.717) is 5.78 Å². The molecule has 18 heavy (non-hydrogen) atoms. The Morgan fingerprint density at radius 2 is 1.44 bits per heavy atom. The largest absolute Gasteiger partial charge is 0.393 e. The van der Waals surface area contributed by atoms with Crippen LogP contribution in [0, 0.1) is 0 Å². The lowest BCUT2D eigenvalue weighted by Gasteiger charge is -2.01. The summed E-state index contributed by atoms with van der Waals surface area (Å²) in [5.74, 6) is 0.325. The van der Waals surface area contributed by atoms with Gasteiger partial charge >= 0.3 is 0 Å². The molecule has 0 saturated carbocycles. The van der Waals surface area contributed by atoms with E-state index in [1.165, 1.54) is 44.9 Å². The molecule has 0 fully saturated rings. The third kappa shape index (κ3) is 24.7. The molecule has 0 rings (SSSR count). The van der Waals surface area contributed by atoms with Crippen LogP contribution in [-0.4, -0.2) is 17.0 Å². The molecular formula is C16H34O2. The van der Waals surface area contributed by atoms with Crippen LogP contribution in [0.1, 0.15) is 91.9 Å². The van der Waals surface area contributed by atoms with Crippen LogP contribution in [0.15, 0.2) is 0 Å². The van der Waals surface area contributed by atoms with E-state index in [1.54, 1.807) is 6.92 Å². The van der Waals surface area contributed by atoms with Gasteiger partial charge < -0.3 is 9.90 Å². The quantitative estimate of drug-likeness (QED) is 0.567. The van der Waals surface area contributed by atoms with Gasteiger partial charge in [0.05, 0.1) is 6.10 Å². The fourth-order valence-electron chi connectivity index (χ4n) is 1.67. The van der Waals surface area contributed by atoms with Crippen molar-refractivity contribution in [1.29, 1.82) is 0 Å². The second-order valence-electron chi connectivity index (χ2n) is 5.21. The average Bonchev–Trinajstić information content (AvgIpc) is 2.31. The summed E-state index contributed by atoms with van der Waals surface area (Å²) in [5.41, 5.74) is 0. The summed E-state index contributed by atoms with van der Waals surface area (Å²) < 4.78 is 0. The van der Waals surface area contributed by atoms with Crippen LogP contribution in [0.3, 0.4) is 0 Å². The fourth-order valence-corrected chi connectivity index (χ4v) is 1.67. The maximum absolute atomic E-state index is 10.4. The van der Waals surface area contributed by atoms with Gasteiger partial charge in [-0.2, -0.15) is 0 Å². The Kier molecular flexibility index (Phi) is 18.4. The van der Waals surface area contributed by atoms with Crippen LogP contribution < -0.4 is 0 Å². The van der Waals surface area contributed by atoms with Crippen LogP contribution in [0.5, 0.6) is 0 Å². The third-order valence-corrected chi connectivity index (χ3v) is 2.86. The summed E-state index contributed by atoms with van der Waals surface area (Å²) in [6.07, 6.45) is 11.5. The first-order chi connectivity index (χ1) is 8.54. The lowest BCUT2D eigenvalue weighted by molar-refractivity contribution is -0.117. The Morgan fingerprint density at radius 3 is 1.83 bits per heavy atom. The predicted molar refractivity (Wildman–Crippen MR) is 79.9 cm³/mol. The Bertz CT molecular complexity index is 164. The number of hydrogen-bond donors (Lipinski definition) is 1. The molecule has 0 aromatic heterocycles. The highest BCUT2D eigenvalue weighted by Crippen LogP contribution is 2.04.